The average Bonchev–Trinajstić information content (AvgIpc) is 3.14. The molecule has 0 spiro atoms. The number of ether oxygens (including phenoxy) is 1. The minimum absolute atomic E-state index is 0.0763. The van der Waals surface area contributed by atoms with Crippen molar-refractivity contribution < 1.29 is 19.4 Å². The van der Waals surface area contributed by atoms with E-state index in [-0.39, 0.29) is 17.6 Å². The van der Waals surface area contributed by atoms with Crippen LogP contribution in [0.3, 0.4) is 0 Å². The summed E-state index contributed by atoms with van der Waals surface area (Å²) in [5, 5.41) is 9.44. The summed E-state index contributed by atoms with van der Waals surface area (Å²) in [7, 11) is 1.75. The Morgan fingerprint density at radius 1 is 1.08 bits per heavy atom. The van der Waals surface area contributed by atoms with Gasteiger partial charge in [-0.15, -0.1) is 0 Å². The third-order valence-electron chi connectivity index (χ3n) is 4.45. The summed E-state index contributed by atoms with van der Waals surface area (Å²) in [5.41, 5.74) is 1.86. The maximum Gasteiger partial charge on any atom is 0.336 e. The van der Waals surface area contributed by atoms with Crippen molar-refractivity contribution in [1.82, 2.24) is 4.90 Å². The second kappa shape index (κ2) is 7.49. The fraction of sp³-hybridized carbons (Fsp3) is 0.300. The number of hydrogen-bond donors (Lipinski definition) is 1. The van der Waals surface area contributed by atoms with E-state index in [0.717, 1.165) is 19.4 Å². The van der Waals surface area contributed by atoms with Gasteiger partial charge in [0.1, 0.15) is 0 Å². The summed E-state index contributed by atoms with van der Waals surface area (Å²) in [6, 6.07) is 13.9. The number of carboxylic acids is 1. The van der Waals surface area contributed by atoms with Crippen molar-refractivity contribution in [1.29, 1.82) is 0 Å². The Bertz CT molecular complexity index is 781. The zero-order valence-corrected chi connectivity index (χ0v) is 14.1. The van der Waals surface area contributed by atoms with E-state index in [2.05, 4.69) is 0 Å². The van der Waals surface area contributed by atoms with Crippen molar-refractivity contribution in [3.8, 4) is 11.1 Å². The van der Waals surface area contributed by atoms with Gasteiger partial charge in [-0.1, -0.05) is 36.4 Å². The smallest absolute Gasteiger partial charge is 0.336 e. The average molecular weight is 339 g/mol. The standard InChI is InChI=1S/C20H21NO4/c1-21(13-14-7-6-12-25-14)19(22)17-10-4-2-8-15(17)16-9-3-5-11-18(16)20(23)24/h2-5,8-11,14H,6-7,12-13H2,1H3,(H,23,24). The van der Waals surface area contributed by atoms with Gasteiger partial charge in [-0.25, -0.2) is 4.79 Å². The molecule has 0 aliphatic carbocycles. The SMILES string of the molecule is CN(CC1CCCO1)C(=O)c1ccccc1-c1ccccc1C(=O)O. The van der Waals surface area contributed by atoms with Crippen molar-refractivity contribution in [3.05, 3.63) is 59.7 Å². The zero-order valence-electron chi connectivity index (χ0n) is 14.1. The van der Waals surface area contributed by atoms with Gasteiger partial charge in [-0.05, 0) is 36.1 Å². The third kappa shape index (κ3) is 3.72. The summed E-state index contributed by atoms with van der Waals surface area (Å²) in [4.78, 5) is 26.1. The molecule has 25 heavy (non-hydrogen) atoms. The molecule has 1 aliphatic heterocycles. The van der Waals surface area contributed by atoms with Gasteiger partial charge in [0, 0.05) is 25.8 Å². The third-order valence-corrected chi connectivity index (χ3v) is 4.45. The van der Waals surface area contributed by atoms with Crippen molar-refractivity contribution in [2.45, 2.75) is 18.9 Å². The lowest BCUT2D eigenvalue weighted by atomic mass is 9.94. The van der Waals surface area contributed by atoms with E-state index < -0.39 is 5.97 Å². The molecule has 1 atom stereocenters. The molecular formula is C20H21NO4. The van der Waals surface area contributed by atoms with Gasteiger partial charge < -0.3 is 14.7 Å². The number of nitrogens with zero attached hydrogens (tertiary/aromatic N) is 1. The first kappa shape index (κ1) is 17.2. The van der Waals surface area contributed by atoms with Crippen molar-refractivity contribution >= 4 is 11.9 Å². The Kier molecular flexibility index (Phi) is 5.14. The topological polar surface area (TPSA) is 66.8 Å². The quantitative estimate of drug-likeness (QED) is 0.907. The number of likely N-dealkylation sites (N-methyl/N-ethyl adjacent to an activating group) is 1. The van der Waals surface area contributed by atoms with E-state index in [0.29, 0.717) is 23.2 Å². The number of amides is 1. The lowest BCUT2D eigenvalue weighted by Crippen LogP contribution is -2.34. The lowest BCUT2D eigenvalue weighted by Gasteiger charge is -2.22. The molecule has 1 fully saturated rings. The second-order valence-corrected chi connectivity index (χ2v) is 6.22. The van der Waals surface area contributed by atoms with Crippen LogP contribution in [0.25, 0.3) is 11.1 Å². The highest BCUT2D eigenvalue weighted by Gasteiger charge is 2.23. The number of benzene rings is 2. The predicted octanol–water partition coefficient (Wildman–Crippen LogP) is 3.30. The number of hydrogen-bond acceptors (Lipinski definition) is 3. The van der Waals surface area contributed by atoms with Crippen LogP contribution >= 0.6 is 0 Å². The molecule has 1 aliphatic rings. The van der Waals surface area contributed by atoms with Gasteiger partial charge in [0.15, 0.2) is 0 Å². The van der Waals surface area contributed by atoms with Gasteiger partial charge in [0.2, 0.25) is 0 Å². The first-order valence-electron chi connectivity index (χ1n) is 8.36. The van der Waals surface area contributed by atoms with Crippen LogP contribution in [0.4, 0.5) is 0 Å². The van der Waals surface area contributed by atoms with Crippen LogP contribution in [0, 0.1) is 0 Å². The van der Waals surface area contributed by atoms with Crippen LogP contribution in [-0.4, -0.2) is 48.2 Å². The number of aromatic carboxylic acids is 1. The molecule has 1 N–H and O–H groups in total. The van der Waals surface area contributed by atoms with E-state index in [1.165, 1.54) is 0 Å². The van der Waals surface area contributed by atoms with Crippen LogP contribution in [-0.2, 0) is 4.74 Å². The fourth-order valence-corrected chi connectivity index (χ4v) is 3.19. The summed E-state index contributed by atoms with van der Waals surface area (Å²) in [6.07, 6.45) is 2.06. The van der Waals surface area contributed by atoms with Crippen LogP contribution in [0.5, 0.6) is 0 Å². The number of rotatable bonds is 5. The molecule has 130 valence electrons. The maximum absolute atomic E-state index is 12.9. The van der Waals surface area contributed by atoms with Gasteiger partial charge in [0.25, 0.3) is 5.91 Å². The molecule has 2 aromatic rings. The molecule has 1 amide bonds. The maximum atomic E-state index is 12.9. The Labute approximate surface area is 146 Å². The highest BCUT2D eigenvalue weighted by Crippen LogP contribution is 2.28. The minimum Gasteiger partial charge on any atom is -0.478 e. The molecule has 3 rings (SSSR count). The Morgan fingerprint density at radius 3 is 2.28 bits per heavy atom. The Hall–Kier alpha value is -2.66. The molecule has 2 aromatic carbocycles. The first-order valence-corrected chi connectivity index (χ1v) is 8.36. The van der Waals surface area contributed by atoms with Crippen molar-refractivity contribution in [2.24, 2.45) is 0 Å². The molecule has 1 unspecified atom stereocenters. The highest BCUT2D eigenvalue weighted by atomic mass is 16.5. The molecule has 0 aromatic heterocycles. The highest BCUT2D eigenvalue weighted by molar-refractivity contribution is 6.04. The van der Waals surface area contributed by atoms with Crippen molar-refractivity contribution in [2.75, 3.05) is 20.2 Å². The van der Waals surface area contributed by atoms with Gasteiger partial charge in [-0.2, -0.15) is 0 Å². The van der Waals surface area contributed by atoms with Crippen molar-refractivity contribution in [3.63, 3.8) is 0 Å². The van der Waals surface area contributed by atoms with E-state index in [9.17, 15) is 14.7 Å². The number of carbonyl (C=O) groups is 2. The molecule has 1 saturated heterocycles. The molecular weight excluding hydrogens is 318 g/mol. The Morgan fingerprint density at radius 2 is 1.68 bits per heavy atom. The van der Waals surface area contributed by atoms with E-state index in [1.807, 2.05) is 6.07 Å². The number of carboxylic acid groups (broad SMARTS) is 1. The van der Waals surface area contributed by atoms with E-state index >= 15 is 0 Å². The normalized spacial score (nSPS) is 16.6. The molecule has 5 nitrogen and oxygen atoms in total. The van der Waals surface area contributed by atoms with Gasteiger partial charge in [0.05, 0.1) is 11.7 Å². The van der Waals surface area contributed by atoms with Crippen LogP contribution in [0.15, 0.2) is 48.5 Å². The largest absolute Gasteiger partial charge is 0.478 e. The predicted molar refractivity (Wildman–Crippen MR) is 94.8 cm³/mol. The summed E-state index contributed by atoms with van der Waals surface area (Å²) in [6.45, 7) is 1.28. The number of carbonyl (C=O) groups excluding carboxylic acids is 1. The fourth-order valence-electron chi connectivity index (χ4n) is 3.19. The minimum atomic E-state index is -1.01. The Balaban J connectivity index is 1.93. The first-order chi connectivity index (χ1) is 12.1. The van der Waals surface area contributed by atoms with E-state index in [1.54, 1.807) is 54.4 Å². The second-order valence-electron chi connectivity index (χ2n) is 6.22. The molecule has 0 radical (unpaired) electrons. The monoisotopic (exact) mass is 339 g/mol. The molecule has 1 heterocycles. The molecule has 0 bridgehead atoms. The summed E-state index contributed by atoms with van der Waals surface area (Å²) < 4.78 is 5.60. The summed E-state index contributed by atoms with van der Waals surface area (Å²) in [5.74, 6) is -1.14. The van der Waals surface area contributed by atoms with Gasteiger partial charge >= 0.3 is 5.97 Å². The van der Waals surface area contributed by atoms with E-state index in [4.69, 9.17) is 4.74 Å². The summed E-state index contributed by atoms with van der Waals surface area (Å²) >= 11 is 0. The zero-order chi connectivity index (χ0) is 17.8. The van der Waals surface area contributed by atoms with Gasteiger partial charge in [-0.3, -0.25) is 4.79 Å². The van der Waals surface area contributed by atoms with Crippen LogP contribution in [0.2, 0.25) is 0 Å². The molecule has 5 heteroatoms. The lowest BCUT2D eigenvalue weighted by molar-refractivity contribution is 0.0587. The van der Waals surface area contributed by atoms with Crippen LogP contribution in [0.1, 0.15) is 33.6 Å². The van der Waals surface area contributed by atoms with Crippen LogP contribution < -0.4 is 0 Å². The molecule has 0 saturated carbocycles.